The second-order valence-electron chi connectivity index (χ2n) is 6.78. The SMILES string of the molecule is CCCCc1nc(Cl)c(CO)n1Cc1ccc(-n2cccc2-c2nn[nH]n2)cc1. The molecule has 8 nitrogen and oxygen atoms in total. The van der Waals surface area contributed by atoms with E-state index in [4.69, 9.17) is 11.6 Å². The normalized spacial score (nSPS) is 11.3. The summed E-state index contributed by atoms with van der Waals surface area (Å²) in [7, 11) is 0. The topological polar surface area (TPSA) is 97.4 Å². The van der Waals surface area contributed by atoms with E-state index >= 15 is 0 Å². The van der Waals surface area contributed by atoms with E-state index in [0.29, 0.717) is 23.2 Å². The van der Waals surface area contributed by atoms with E-state index < -0.39 is 0 Å². The van der Waals surface area contributed by atoms with Crippen molar-refractivity contribution in [3.63, 3.8) is 0 Å². The molecular formula is C20H22ClN7O. The molecule has 1 aromatic carbocycles. The molecule has 0 radical (unpaired) electrons. The molecule has 0 bridgehead atoms. The van der Waals surface area contributed by atoms with Crippen molar-refractivity contribution in [3.8, 4) is 17.2 Å². The first kappa shape index (κ1) is 19.4. The summed E-state index contributed by atoms with van der Waals surface area (Å²) in [6.07, 6.45) is 4.91. The van der Waals surface area contributed by atoms with Gasteiger partial charge < -0.3 is 14.2 Å². The van der Waals surface area contributed by atoms with Crippen LogP contribution in [0.25, 0.3) is 17.2 Å². The highest BCUT2D eigenvalue weighted by Gasteiger charge is 2.15. The number of rotatable bonds is 8. The molecular weight excluding hydrogens is 390 g/mol. The minimum Gasteiger partial charge on any atom is -0.390 e. The van der Waals surface area contributed by atoms with Crippen LogP contribution in [0.1, 0.15) is 36.8 Å². The lowest BCUT2D eigenvalue weighted by Crippen LogP contribution is -2.09. The number of H-pyrrole nitrogens is 1. The first-order valence-corrected chi connectivity index (χ1v) is 9.94. The number of aryl methyl sites for hydroxylation is 1. The number of halogens is 1. The van der Waals surface area contributed by atoms with Crippen LogP contribution in [0.15, 0.2) is 42.6 Å². The van der Waals surface area contributed by atoms with Crippen LogP contribution in [-0.2, 0) is 19.6 Å². The highest BCUT2D eigenvalue weighted by Crippen LogP contribution is 2.23. The highest BCUT2D eigenvalue weighted by molar-refractivity contribution is 6.30. The third-order valence-corrected chi connectivity index (χ3v) is 5.19. The molecule has 0 aliphatic heterocycles. The average molecular weight is 412 g/mol. The van der Waals surface area contributed by atoms with Gasteiger partial charge in [0.1, 0.15) is 5.82 Å². The minimum atomic E-state index is -0.131. The van der Waals surface area contributed by atoms with Crippen molar-refractivity contribution in [1.82, 2.24) is 34.7 Å². The van der Waals surface area contributed by atoms with Gasteiger partial charge in [-0.1, -0.05) is 37.1 Å². The van der Waals surface area contributed by atoms with Gasteiger partial charge in [0, 0.05) is 24.8 Å². The number of unbranched alkanes of at least 4 members (excludes halogenated alkanes) is 1. The molecule has 9 heteroatoms. The number of aromatic amines is 1. The monoisotopic (exact) mass is 411 g/mol. The quantitative estimate of drug-likeness (QED) is 0.463. The molecule has 4 aromatic rings. The Hall–Kier alpha value is -2.97. The standard InChI is InChI=1S/C20H22ClN7O/c1-2-3-6-18-22-19(21)17(13-29)28(18)12-14-7-9-15(10-8-14)27-11-4-5-16(27)20-23-25-26-24-20/h4-5,7-11,29H,2-3,6,12-13H2,1H3,(H,23,24,25,26). The Morgan fingerprint density at radius 1 is 1.17 bits per heavy atom. The van der Waals surface area contributed by atoms with E-state index in [-0.39, 0.29) is 6.61 Å². The zero-order valence-electron chi connectivity index (χ0n) is 16.1. The molecule has 0 saturated heterocycles. The number of hydrogen-bond donors (Lipinski definition) is 2. The van der Waals surface area contributed by atoms with Gasteiger partial charge in [-0.25, -0.2) is 4.98 Å². The molecule has 29 heavy (non-hydrogen) atoms. The van der Waals surface area contributed by atoms with Crippen LogP contribution in [-0.4, -0.2) is 39.8 Å². The molecule has 0 spiro atoms. The van der Waals surface area contributed by atoms with Gasteiger partial charge in [-0.15, -0.1) is 10.2 Å². The molecule has 0 fully saturated rings. The van der Waals surface area contributed by atoms with E-state index in [9.17, 15) is 5.11 Å². The maximum atomic E-state index is 9.74. The van der Waals surface area contributed by atoms with Crippen molar-refractivity contribution >= 4 is 11.6 Å². The van der Waals surface area contributed by atoms with Crippen molar-refractivity contribution in [2.24, 2.45) is 0 Å². The second-order valence-corrected chi connectivity index (χ2v) is 7.14. The van der Waals surface area contributed by atoms with Gasteiger partial charge in [0.15, 0.2) is 5.15 Å². The van der Waals surface area contributed by atoms with Crippen LogP contribution >= 0.6 is 11.6 Å². The number of nitrogens with zero attached hydrogens (tertiary/aromatic N) is 6. The Labute approximate surface area is 173 Å². The lowest BCUT2D eigenvalue weighted by molar-refractivity contribution is 0.271. The molecule has 2 N–H and O–H groups in total. The summed E-state index contributed by atoms with van der Waals surface area (Å²) in [5, 5.41) is 24.4. The van der Waals surface area contributed by atoms with Crippen molar-refractivity contribution in [1.29, 1.82) is 0 Å². The molecule has 0 aliphatic rings. The van der Waals surface area contributed by atoms with Crippen molar-refractivity contribution in [3.05, 3.63) is 64.8 Å². The third-order valence-electron chi connectivity index (χ3n) is 4.88. The average Bonchev–Trinajstić information content (AvgIpc) is 3.47. The number of tetrazole rings is 1. The van der Waals surface area contributed by atoms with Crippen LogP contribution < -0.4 is 0 Å². The Morgan fingerprint density at radius 2 is 2.00 bits per heavy atom. The van der Waals surface area contributed by atoms with Crippen molar-refractivity contribution in [2.75, 3.05) is 0 Å². The molecule has 0 amide bonds. The first-order chi connectivity index (χ1) is 14.2. The second kappa shape index (κ2) is 8.59. The number of aliphatic hydroxyl groups excluding tert-OH is 1. The van der Waals surface area contributed by atoms with Crippen molar-refractivity contribution in [2.45, 2.75) is 39.3 Å². The number of aliphatic hydroxyl groups is 1. The number of nitrogens with one attached hydrogen (secondary N) is 1. The summed E-state index contributed by atoms with van der Waals surface area (Å²) in [5.41, 5.74) is 3.61. The summed E-state index contributed by atoms with van der Waals surface area (Å²) >= 11 is 6.24. The summed E-state index contributed by atoms with van der Waals surface area (Å²) in [6, 6.07) is 12.1. The summed E-state index contributed by atoms with van der Waals surface area (Å²) in [5.74, 6) is 1.45. The molecule has 0 atom stereocenters. The van der Waals surface area contributed by atoms with E-state index in [1.165, 1.54) is 0 Å². The van der Waals surface area contributed by atoms with Gasteiger partial charge in [-0.05, 0) is 41.5 Å². The Bertz CT molecular complexity index is 1070. The lowest BCUT2D eigenvalue weighted by Gasteiger charge is -2.12. The fraction of sp³-hybridized carbons (Fsp3) is 0.300. The van der Waals surface area contributed by atoms with Crippen molar-refractivity contribution < 1.29 is 5.11 Å². The van der Waals surface area contributed by atoms with Crippen LogP contribution in [0, 0.1) is 0 Å². The number of hydrogen-bond acceptors (Lipinski definition) is 5. The largest absolute Gasteiger partial charge is 0.390 e. The Morgan fingerprint density at radius 3 is 2.69 bits per heavy atom. The van der Waals surface area contributed by atoms with Gasteiger partial charge in [-0.2, -0.15) is 5.21 Å². The maximum Gasteiger partial charge on any atom is 0.221 e. The summed E-state index contributed by atoms with van der Waals surface area (Å²) in [6.45, 7) is 2.62. The van der Waals surface area contributed by atoms with Crippen LogP contribution in [0.2, 0.25) is 5.15 Å². The van der Waals surface area contributed by atoms with Gasteiger partial charge in [0.25, 0.3) is 0 Å². The van der Waals surface area contributed by atoms with Gasteiger partial charge in [0.2, 0.25) is 5.82 Å². The van der Waals surface area contributed by atoms with Gasteiger partial charge >= 0.3 is 0 Å². The van der Waals surface area contributed by atoms with Crippen LogP contribution in [0.5, 0.6) is 0 Å². The fourth-order valence-electron chi connectivity index (χ4n) is 3.37. The van der Waals surface area contributed by atoms with E-state index in [0.717, 1.165) is 42.0 Å². The van der Waals surface area contributed by atoms with E-state index in [1.807, 2.05) is 39.6 Å². The summed E-state index contributed by atoms with van der Waals surface area (Å²) in [4.78, 5) is 4.45. The molecule has 150 valence electrons. The van der Waals surface area contributed by atoms with Crippen LogP contribution in [0.3, 0.4) is 0 Å². The zero-order valence-corrected chi connectivity index (χ0v) is 16.8. The lowest BCUT2D eigenvalue weighted by atomic mass is 10.2. The third kappa shape index (κ3) is 3.94. The van der Waals surface area contributed by atoms with Gasteiger partial charge in [-0.3, -0.25) is 0 Å². The predicted octanol–water partition coefficient (Wildman–Crippen LogP) is 3.39. The number of aromatic nitrogens is 7. The van der Waals surface area contributed by atoms with E-state index in [1.54, 1.807) is 0 Å². The molecule has 0 aliphatic carbocycles. The molecule has 3 aromatic heterocycles. The molecule has 0 saturated carbocycles. The number of benzene rings is 1. The molecule has 4 rings (SSSR count). The fourth-order valence-corrected chi connectivity index (χ4v) is 3.63. The minimum absolute atomic E-state index is 0.131. The summed E-state index contributed by atoms with van der Waals surface area (Å²) < 4.78 is 4.03. The van der Waals surface area contributed by atoms with Crippen LogP contribution in [0.4, 0.5) is 0 Å². The smallest absolute Gasteiger partial charge is 0.221 e. The Balaban J connectivity index is 1.60. The Kier molecular flexibility index (Phi) is 5.73. The maximum absolute atomic E-state index is 9.74. The zero-order chi connectivity index (χ0) is 20.2. The van der Waals surface area contributed by atoms with Gasteiger partial charge in [0.05, 0.1) is 18.0 Å². The number of imidazole rings is 1. The van der Waals surface area contributed by atoms with E-state index in [2.05, 4.69) is 44.7 Å². The molecule has 3 heterocycles. The first-order valence-electron chi connectivity index (χ1n) is 9.56. The predicted molar refractivity (Wildman–Crippen MR) is 110 cm³/mol. The molecule has 0 unspecified atom stereocenters. The highest BCUT2D eigenvalue weighted by atomic mass is 35.5.